The van der Waals surface area contributed by atoms with Crippen LogP contribution in [0.15, 0.2) is 24.3 Å². The van der Waals surface area contributed by atoms with Crippen LogP contribution in [0.3, 0.4) is 0 Å². The minimum Gasteiger partial charge on any atom is -0.494 e. The number of hydrogen-bond acceptors (Lipinski definition) is 3. The van der Waals surface area contributed by atoms with Crippen LogP contribution in [0.2, 0.25) is 0 Å². The SMILES string of the molecule is CCCOc1cccc(CC(NCCN)C(C)C)c1. The molecule has 0 radical (unpaired) electrons. The summed E-state index contributed by atoms with van der Waals surface area (Å²) in [6, 6.07) is 8.87. The van der Waals surface area contributed by atoms with Gasteiger partial charge in [0, 0.05) is 19.1 Å². The maximum absolute atomic E-state index is 5.68. The van der Waals surface area contributed by atoms with Gasteiger partial charge in [0.15, 0.2) is 0 Å². The lowest BCUT2D eigenvalue weighted by molar-refractivity contribution is 0.316. The summed E-state index contributed by atoms with van der Waals surface area (Å²) < 4.78 is 5.68. The molecule has 0 heterocycles. The van der Waals surface area contributed by atoms with Gasteiger partial charge in [-0.1, -0.05) is 32.9 Å². The Kier molecular flexibility index (Phi) is 7.53. The van der Waals surface area contributed by atoms with Crippen LogP contribution in [-0.4, -0.2) is 25.7 Å². The fourth-order valence-corrected chi connectivity index (χ4v) is 2.05. The summed E-state index contributed by atoms with van der Waals surface area (Å²) in [6.07, 6.45) is 2.05. The Morgan fingerprint density at radius 1 is 1.32 bits per heavy atom. The smallest absolute Gasteiger partial charge is 0.119 e. The average molecular weight is 264 g/mol. The molecule has 0 aliphatic rings. The summed E-state index contributed by atoms with van der Waals surface area (Å²) in [6.45, 7) is 8.94. The van der Waals surface area contributed by atoms with Gasteiger partial charge in [-0.25, -0.2) is 0 Å². The van der Waals surface area contributed by atoms with Crippen molar-refractivity contribution in [3.05, 3.63) is 29.8 Å². The first kappa shape index (κ1) is 16.0. The molecule has 3 nitrogen and oxygen atoms in total. The lowest BCUT2D eigenvalue weighted by Crippen LogP contribution is -2.38. The first-order chi connectivity index (χ1) is 9.17. The second-order valence-electron chi connectivity index (χ2n) is 5.29. The zero-order valence-corrected chi connectivity index (χ0v) is 12.5. The molecule has 0 bridgehead atoms. The monoisotopic (exact) mass is 264 g/mol. The fraction of sp³-hybridized carbons (Fsp3) is 0.625. The summed E-state index contributed by atoms with van der Waals surface area (Å²) in [5.74, 6) is 1.56. The van der Waals surface area contributed by atoms with Gasteiger partial charge >= 0.3 is 0 Å². The Labute approximate surface area is 117 Å². The van der Waals surface area contributed by atoms with Crippen LogP contribution < -0.4 is 15.8 Å². The van der Waals surface area contributed by atoms with E-state index in [0.717, 1.165) is 31.7 Å². The molecule has 0 spiro atoms. The molecular weight excluding hydrogens is 236 g/mol. The molecule has 3 N–H and O–H groups in total. The summed E-state index contributed by atoms with van der Waals surface area (Å²) in [5, 5.41) is 3.51. The molecule has 1 aromatic rings. The maximum Gasteiger partial charge on any atom is 0.119 e. The number of hydrogen-bond donors (Lipinski definition) is 2. The highest BCUT2D eigenvalue weighted by Crippen LogP contribution is 2.17. The molecule has 0 aromatic heterocycles. The van der Waals surface area contributed by atoms with Crippen LogP contribution in [0.1, 0.15) is 32.8 Å². The second kappa shape index (κ2) is 8.94. The van der Waals surface area contributed by atoms with Crippen LogP contribution in [0.25, 0.3) is 0 Å². The Morgan fingerprint density at radius 3 is 2.74 bits per heavy atom. The quantitative estimate of drug-likeness (QED) is 0.720. The lowest BCUT2D eigenvalue weighted by atomic mass is 9.96. The van der Waals surface area contributed by atoms with Gasteiger partial charge in [0.2, 0.25) is 0 Å². The molecule has 0 amide bonds. The zero-order chi connectivity index (χ0) is 14.1. The van der Waals surface area contributed by atoms with E-state index in [1.165, 1.54) is 5.56 Å². The van der Waals surface area contributed by atoms with Crippen molar-refractivity contribution in [2.24, 2.45) is 11.7 Å². The molecule has 0 aliphatic heterocycles. The van der Waals surface area contributed by atoms with Crippen molar-refractivity contribution in [3.63, 3.8) is 0 Å². The van der Waals surface area contributed by atoms with E-state index in [9.17, 15) is 0 Å². The zero-order valence-electron chi connectivity index (χ0n) is 12.5. The largest absolute Gasteiger partial charge is 0.494 e. The molecule has 1 rings (SSSR count). The molecule has 1 aromatic carbocycles. The maximum atomic E-state index is 5.68. The van der Waals surface area contributed by atoms with Gasteiger partial charge in [-0.15, -0.1) is 0 Å². The molecule has 0 fully saturated rings. The summed E-state index contributed by atoms with van der Waals surface area (Å²) in [5.41, 5.74) is 6.88. The number of rotatable bonds is 9. The Morgan fingerprint density at radius 2 is 2.11 bits per heavy atom. The molecule has 0 saturated heterocycles. The van der Waals surface area contributed by atoms with Crippen molar-refractivity contribution in [2.75, 3.05) is 19.7 Å². The third-order valence-electron chi connectivity index (χ3n) is 3.18. The predicted molar refractivity (Wildman–Crippen MR) is 81.6 cm³/mol. The average Bonchev–Trinajstić information content (AvgIpc) is 2.41. The molecule has 1 unspecified atom stereocenters. The third kappa shape index (κ3) is 6.08. The van der Waals surface area contributed by atoms with Crippen LogP contribution >= 0.6 is 0 Å². The van der Waals surface area contributed by atoms with E-state index in [1.54, 1.807) is 0 Å². The molecule has 0 aliphatic carbocycles. The van der Waals surface area contributed by atoms with Gasteiger partial charge in [0.05, 0.1) is 6.61 Å². The summed E-state index contributed by atoms with van der Waals surface area (Å²) in [4.78, 5) is 0. The van der Waals surface area contributed by atoms with E-state index in [0.29, 0.717) is 18.5 Å². The number of nitrogens with two attached hydrogens (primary N) is 1. The van der Waals surface area contributed by atoms with E-state index in [-0.39, 0.29) is 0 Å². The van der Waals surface area contributed by atoms with Gasteiger partial charge in [0.1, 0.15) is 5.75 Å². The summed E-state index contributed by atoms with van der Waals surface area (Å²) in [7, 11) is 0. The van der Waals surface area contributed by atoms with E-state index >= 15 is 0 Å². The van der Waals surface area contributed by atoms with Gasteiger partial charge in [-0.05, 0) is 36.5 Å². The highest BCUT2D eigenvalue weighted by atomic mass is 16.5. The van der Waals surface area contributed by atoms with Crippen molar-refractivity contribution in [3.8, 4) is 5.75 Å². The Balaban J connectivity index is 2.62. The van der Waals surface area contributed by atoms with E-state index in [1.807, 2.05) is 6.07 Å². The van der Waals surface area contributed by atoms with Crippen molar-refractivity contribution in [1.29, 1.82) is 0 Å². The van der Waals surface area contributed by atoms with Crippen LogP contribution in [0.5, 0.6) is 5.75 Å². The lowest BCUT2D eigenvalue weighted by Gasteiger charge is -2.22. The molecule has 3 heteroatoms. The van der Waals surface area contributed by atoms with Gasteiger partial charge in [0.25, 0.3) is 0 Å². The second-order valence-corrected chi connectivity index (χ2v) is 5.29. The van der Waals surface area contributed by atoms with E-state index in [2.05, 4.69) is 44.3 Å². The minimum absolute atomic E-state index is 0.463. The van der Waals surface area contributed by atoms with Gasteiger partial charge in [-0.2, -0.15) is 0 Å². The number of nitrogens with one attached hydrogen (secondary N) is 1. The molecule has 19 heavy (non-hydrogen) atoms. The molecule has 1 atom stereocenters. The van der Waals surface area contributed by atoms with Gasteiger partial charge < -0.3 is 15.8 Å². The van der Waals surface area contributed by atoms with Crippen molar-refractivity contribution < 1.29 is 4.74 Å². The molecule has 0 saturated carbocycles. The van der Waals surface area contributed by atoms with Crippen LogP contribution in [0, 0.1) is 5.92 Å². The predicted octanol–water partition coefficient (Wildman–Crippen LogP) is 2.59. The first-order valence-corrected chi connectivity index (χ1v) is 7.32. The summed E-state index contributed by atoms with van der Waals surface area (Å²) >= 11 is 0. The number of ether oxygens (including phenoxy) is 1. The van der Waals surface area contributed by atoms with Gasteiger partial charge in [-0.3, -0.25) is 0 Å². The van der Waals surface area contributed by atoms with E-state index in [4.69, 9.17) is 10.5 Å². The van der Waals surface area contributed by atoms with Crippen molar-refractivity contribution in [1.82, 2.24) is 5.32 Å². The van der Waals surface area contributed by atoms with E-state index < -0.39 is 0 Å². The minimum atomic E-state index is 0.463. The molecular formula is C16H28N2O. The van der Waals surface area contributed by atoms with Crippen LogP contribution in [0.4, 0.5) is 0 Å². The van der Waals surface area contributed by atoms with Crippen molar-refractivity contribution in [2.45, 2.75) is 39.7 Å². The number of benzene rings is 1. The van der Waals surface area contributed by atoms with Crippen LogP contribution in [-0.2, 0) is 6.42 Å². The fourth-order valence-electron chi connectivity index (χ4n) is 2.05. The standard InChI is InChI=1S/C16H28N2O/c1-4-10-19-15-7-5-6-14(11-15)12-16(13(2)3)18-9-8-17/h5-7,11,13,16,18H,4,8-10,12,17H2,1-3H3. The van der Waals surface area contributed by atoms with Crippen molar-refractivity contribution >= 4 is 0 Å². The topological polar surface area (TPSA) is 47.3 Å². The molecule has 108 valence electrons. The Bertz CT molecular complexity index is 352. The third-order valence-corrected chi connectivity index (χ3v) is 3.18. The highest BCUT2D eigenvalue weighted by Gasteiger charge is 2.13. The normalized spacial score (nSPS) is 12.7. The Hall–Kier alpha value is -1.06. The highest BCUT2D eigenvalue weighted by molar-refractivity contribution is 5.29. The first-order valence-electron chi connectivity index (χ1n) is 7.32.